The molecule has 0 saturated heterocycles. The molecule has 0 saturated carbocycles. The van der Waals surface area contributed by atoms with Gasteiger partial charge in [-0.3, -0.25) is 9.59 Å². The van der Waals surface area contributed by atoms with Crippen molar-refractivity contribution in [3.63, 3.8) is 0 Å². The predicted molar refractivity (Wildman–Crippen MR) is 122 cm³/mol. The minimum absolute atomic E-state index is 0.208. The topological polar surface area (TPSA) is 81.2 Å². The first kappa shape index (κ1) is 20.9. The van der Waals surface area contributed by atoms with Crippen molar-refractivity contribution in [1.29, 1.82) is 0 Å². The fourth-order valence-corrected chi connectivity index (χ4v) is 3.30. The number of ether oxygens (including phenoxy) is 1. The van der Waals surface area contributed by atoms with Gasteiger partial charge in [0.15, 0.2) is 5.78 Å². The highest BCUT2D eigenvalue weighted by Gasteiger charge is 2.18. The van der Waals surface area contributed by atoms with Gasteiger partial charge in [0.1, 0.15) is 5.75 Å². The standard InChI is InChI=1S/C26H21N3O3/c1-17-15-18(2)28-26(27-17)32-21-12-8-11-20(16-21)29-25(31)23-14-7-6-13-22(23)24(30)19-9-4-3-5-10-19/h3-16H,1-2H3,(H,29,31). The Morgan fingerprint density at radius 3 is 2.12 bits per heavy atom. The average molecular weight is 423 g/mol. The lowest BCUT2D eigenvalue weighted by Gasteiger charge is -2.11. The van der Waals surface area contributed by atoms with Crippen LogP contribution in [0.3, 0.4) is 0 Å². The van der Waals surface area contributed by atoms with Gasteiger partial charge in [-0.2, -0.15) is 0 Å². The van der Waals surface area contributed by atoms with Gasteiger partial charge in [-0.05, 0) is 38.1 Å². The van der Waals surface area contributed by atoms with Gasteiger partial charge in [-0.15, -0.1) is 0 Å². The molecule has 0 aliphatic rings. The van der Waals surface area contributed by atoms with Crippen LogP contribution in [-0.2, 0) is 0 Å². The van der Waals surface area contributed by atoms with Crippen LogP contribution in [0.5, 0.6) is 11.8 Å². The first-order valence-electron chi connectivity index (χ1n) is 10.1. The highest BCUT2D eigenvalue weighted by atomic mass is 16.5. The number of benzene rings is 3. The van der Waals surface area contributed by atoms with Crippen molar-refractivity contribution in [3.8, 4) is 11.8 Å². The summed E-state index contributed by atoms with van der Waals surface area (Å²) in [4.78, 5) is 34.5. The van der Waals surface area contributed by atoms with E-state index in [2.05, 4.69) is 15.3 Å². The van der Waals surface area contributed by atoms with Gasteiger partial charge in [0.2, 0.25) is 0 Å². The van der Waals surface area contributed by atoms with Crippen molar-refractivity contribution in [1.82, 2.24) is 9.97 Å². The van der Waals surface area contributed by atoms with E-state index < -0.39 is 0 Å². The number of anilines is 1. The van der Waals surface area contributed by atoms with Crippen molar-refractivity contribution in [3.05, 3.63) is 113 Å². The highest BCUT2D eigenvalue weighted by Crippen LogP contribution is 2.23. The van der Waals surface area contributed by atoms with Crippen molar-refractivity contribution in [2.75, 3.05) is 5.32 Å². The van der Waals surface area contributed by atoms with Crippen LogP contribution in [-0.4, -0.2) is 21.7 Å². The maximum absolute atomic E-state index is 13.0. The summed E-state index contributed by atoms with van der Waals surface area (Å²) >= 11 is 0. The molecule has 4 rings (SSSR count). The zero-order chi connectivity index (χ0) is 22.5. The third kappa shape index (κ3) is 4.87. The fraction of sp³-hybridized carbons (Fsp3) is 0.0769. The lowest BCUT2D eigenvalue weighted by atomic mass is 9.98. The molecule has 0 bridgehead atoms. The zero-order valence-corrected chi connectivity index (χ0v) is 17.7. The summed E-state index contributed by atoms with van der Waals surface area (Å²) in [6.07, 6.45) is 0. The number of carbonyl (C=O) groups is 2. The molecule has 32 heavy (non-hydrogen) atoms. The largest absolute Gasteiger partial charge is 0.424 e. The molecule has 0 unspecified atom stereocenters. The summed E-state index contributed by atoms with van der Waals surface area (Å²) in [6, 6.07) is 24.7. The number of nitrogens with zero attached hydrogens (tertiary/aromatic N) is 2. The van der Waals surface area contributed by atoms with E-state index >= 15 is 0 Å². The number of aromatic nitrogens is 2. The average Bonchev–Trinajstić information content (AvgIpc) is 2.79. The molecule has 1 heterocycles. The van der Waals surface area contributed by atoms with Gasteiger partial charge in [0, 0.05) is 34.3 Å². The van der Waals surface area contributed by atoms with Crippen molar-refractivity contribution >= 4 is 17.4 Å². The molecule has 1 amide bonds. The number of amides is 1. The van der Waals surface area contributed by atoms with Gasteiger partial charge in [-0.25, -0.2) is 9.97 Å². The van der Waals surface area contributed by atoms with Crippen LogP contribution in [0.1, 0.15) is 37.7 Å². The summed E-state index contributed by atoms with van der Waals surface area (Å²) < 4.78 is 5.76. The summed E-state index contributed by atoms with van der Waals surface area (Å²) in [7, 11) is 0. The Hall–Kier alpha value is -4.32. The van der Waals surface area contributed by atoms with Crippen LogP contribution >= 0.6 is 0 Å². The van der Waals surface area contributed by atoms with Gasteiger partial charge < -0.3 is 10.1 Å². The fourth-order valence-electron chi connectivity index (χ4n) is 3.30. The lowest BCUT2D eigenvalue weighted by Crippen LogP contribution is -2.17. The van der Waals surface area contributed by atoms with Crippen molar-refractivity contribution in [2.24, 2.45) is 0 Å². The van der Waals surface area contributed by atoms with Gasteiger partial charge >= 0.3 is 6.01 Å². The van der Waals surface area contributed by atoms with E-state index in [1.165, 1.54) is 0 Å². The highest BCUT2D eigenvalue weighted by molar-refractivity contribution is 6.17. The molecule has 158 valence electrons. The minimum atomic E-state index is -0.385. The lowest BCUT2D eigenvalue weighted by molar-refractivity contribution is 0.0996. The maximum Gasteiger partial charge on any atom is 0.322 e. The Kier molecular flexibility index (Phi) is 6.03. The molecule has 0 aliphatic heterocycles. The quantitative estimate of drug-likeness (QED) is 0.422. The normalized spacial score (nSPS) is 10.4. The van der Waals surface area contributed by atoms with E-state index in [-0.39, 0.29) is 17.7 Å². The second-order valence-corrected chi connectivity index (χ2v) is 7.26. The van der Waals surface area contributed by atoms with E-state index in [0.29, 0.717) is 28.1 Å². The molecule has 3 aromatic carbocycles. The van der Waals surface area contributed by atoms with Crippen LogP contribution in [0.15, 0.2) is 84.9 Å². The molecule has 0 fully saturated rings. The van der Waals surface area contributed by atoms with E-state index in [9.17, 15) is 9.59 Å². The second kappa shape index (κ2) is 9.22. The van der Waals surface area contributed by atoms with Crippen molar-refractivity contribution < 1.29 is 14.3 Å². The van der Waals surface area contributed by atoms with Crippen LogP contribution < -0.4 is 10.1 Å². The van der Waals surface area contributed by atoms with E-state index in [1.807, 2.05) is 26.0 Å². The predicted octanol–water partition coefficient (Wildman–Crippen LogP) is 5.37. The minimum Gasteiger partial charge on any atom is -0.424 e. The van der Waals surface area contributed by atoms with E-state index in [1.54, 1.807) is 72.8 Å². The van der Waals surface area contributed by atoms with Crippen molar-refractivity contribution in [2.45, 2.75) is 13.8 Å². The molecule has 6 nitrogen and oxygen atoms in total. The number of hydrogen-bond donors (Lipinski definition) is 1. The molecular weight excluding hydrogens is 402 g/mol. The Bertz CT molecular complexity index is 1270. The van der Waals surface area contributed by atoms with E-state index in [0.717, 1.165) is 11.4 Å². The number of ketones is 1. The van der Waals surface area contributed by atoms with Crippen LogP contribution in [0.2, 0.25) is 0 Å². The molecule has 4 aromatic rings. The summed E-state index contributed by atoms with van der Waals surface area (Å²) in [5.74, 6) is -0.105. The van der Waals surface area contributed by atoms with E-state index in [4.69, 9.17) is 4.74 Å². The molecule has 0 radical (unpaired) electrons. The van der Waals surface area contributed by atoms with Gasteiger partial charge in [0.05, 0.1) is 5.56 Å². The third-order valence-corrected chi connectivity index (χ3v) is 4.72. The number of aryl methyl sites for hydroxylation is 2. The molecule has 1 aromatic heterocycles. The molecule has 0 atom stereocenters. The summed E-state index contributed by atoms with van der Waals surface area (Å²) in [6.45, 7) is 3.73. The first-order chi connectivity index (χ1) is 15.5. The summed E-state index contributed by atoms with van der Waals surface area (Å²) in [5.41, 5.74) is 3.29. The van der Waals surface area contributed by atoms with Crippen LogP contribution in [0.25, 0.3) is 0 Å². The Morgan fingerprint density at radius 2 is 1.41 bits per heavy atom. The SMILES string of the molecule is Cc1cc(C)nc(Oc2cccc(NC(=O)c3ccccc3C(=O)c3ccccc3)c2)n1. The molecular formula is C26H21N3O3. The number of carbonyl (C=O) groups excluding carboxylic acids is 2. The van der Waals surface area contributed by atoms with Crippen LogP contribution in [0.4, 0.5) is 5.69 Å². The van der Waals surface area contributed by atoms with Gasteiger partial charge in [0.25, 0.3) is 5.91 Å². The third-order valence-electron chi connectivity index (χ3n) is 4.72. The Balaban J connectivity index is 1.55. The number of hydrogen-bond acceptors (Lipinski definition) is 5. The first-order valence-corrected chi connectivity index (χ1v) is 10.1. The Morgan fingerprint density at radius 1 is 0.750 bits per heavy atom. The van der Waals surface area contributed by atoms with Crippen LogP contribution in [0, 0.1) is 13.8 Å². The molecule has 0 aliphatic carbocycles. The second-order valence-electron chi connectivity index (χ2n) is 7.26. The summed E-state index contributed by atoms with van der Waals surface area (Å²) in [5, 5.41) is 2.84. The smallest absolute Gasteiger partial charge is 0.322 e. The zero-order valence-electron chi connectivity index (χ0n) is 17.7. The maximum atomic E-state index is 13.0. The number of rotatable bonds is 6. The Labute approximate surface area is 185 Å². The molecule has 0 spiro atoms. The molecule has 1 N–H and O–H groups in total. The number of nitrogens with one attached hydrogen (secondary N) is 1. The monoisotopic (exact) mass is 423 g/mol. The van der Waals surface area contributed by atoms with Gasteiger partial charge in [-0.1, -0.05) is 54.6 Å². The molecule has 6 heteroatoms.